The number of rotatable bonds is 2. The summed E-state index contributed by atoms with van der Waals surface area (Å²) in [6.07, 6.45) is 0. The highest BCUT2D eigenvalue weighted by atomic mass is 32.1. The normalized spacial score (nSPS) is 11.4. The van der Waals surface area contributed by atoms with Gasteiger partial charge in [0.25, 0.3) is 0 Å². The van der Waals surface area contributed by atoms with E-state index >= 15 is 0 Å². The summed E-state index contributed by atoms with van der Waals surface area (Å²) < 4.78 is 0. The van der Waals surface area contributed by atoms with Crippen molar-refractivity contribution in [2.45, 2.75) is 19.3 Å². The predicted octanol–water partition coefficient (Wildman–Crippen LogP) is 2.11. The van der Waals surface area contributed by atoms with Crippen LogP contribution in [0, 0.1) is 0 Å². The van der Waals surface area contributed by atoms with Crippen molar-refractivity contribution < 1.29 is 4.79 Å². The molecular formula is C10H15NOS. The first kappa shape index (κ1) is 10.3. The van der Waals surface area contributed by atoms with Crippen molar-refractivity contribution in [1.29, 1.82) is 0 Å². The Labute approximate surface area is 83.2 Å². The van der Waals surface area contributed by atoms with Gasteiger partial charge in [-0.2, -0.15) is 11.3 Å². The first-order valence-electron chi connectivity index (χ1n) is 4.20. The van der Waals surface area contributed by atoms with Crippen LogP contribution in [0.3, 0.4) is 0 Å². The fourth-order valence-electron chi connectivity index (χ4n) is 1.30. The molecule has 0 unspecified atom stereocenters. The van der Waals surface area contributed by atoms with Crippen LogP contribution >= 0.6 is 11.3 Å². The van der Waals surface area contributed by atoms with E-state index < -0.39 is 5.41 Å². The zero-order valence-corrected chi connectivity index (χ0v) is 9.31. The van der Waals surface area contributed by atoms with E-state index in [9.17, 15) is 4.79 Å². The van der Waals surface area contributed by atoms with Gasteiger partial charge in [0.1, 0.15) is 0 Å². The molecule has 0 aromatic carbocycles. The molecule has 1 amide bonds. The van der Waals surface area contributed by atoms with Crippen molar-refractivity contribution in [3.05, 3.63) is 22.4 Å². The molecule has 0 aliphatic carbocycles. The summed E-state index contributed by atoms with van der Waals surface area (Å²) in [6.45, 7) is 3.91. The summed E-state index contributed by atoms with van der Waals surface area (Å²) in [4.78, 5) is 13.4. The second-order valence-corrected chi connectivity index (χ2v) is 4.62. The van der Waals surface area contributed by atoms with Crippen molar-refractivity contribution in [2.24, 2.45) is 0 Å². The average molecular weight is 197 g/mol. The molecule has 1 aromatic heterocycles. The van der Waals surface area contributed by atoms with Gasteiger partial charge in [-0.15, -0.1) is 0 Å². The number of carbonyl (C=O) groups is 1. The van der Waals surface area contributed by atoms with Crippen molar-refractivity contribution in [1.82, 2.24) is 4.90 Å². The molecule has 3 heteroatoms. The van der Waals surface area contributed by atoms with Crippen LogP contribution in [0.2, 0.25) is 0 Å². The van der Waals surface area contributed by atoms with E-state index in [1.807, 2.05) is 30.7 Å². The SMILES string of the molecule is CN(C)C(=O)C(C)(C)c1ccsc1. The van der Waals surface area contributed by atoms with Gasteiger partial charge in [0.2, 0.25) is 5.91 Å². The zero-order chi connectivity index (χ0) is 10.1. The van der Waals surface area contributed by atoms with Gasteiger partial charge in [-0.25, -0.2) is 0 Å². The summed E-state index contributed by atoms with van der Waals surface area (Å²) in [6, 6.07) is 2.01. The standard InChI is InChI=1S/C10H15NOS/c1-10(2,9(12)11(3)4)8-5-6-13-7-8/h5-7H,1-4H3. The molecule has 0 aliphatic rings. The van der Waals surface area contributed by atoms with E-state index in [1.165, 1.54) is 0 Å². The van der Waals surface area contributed by atoms with Crippen LogP contribution in [-0.2, 0) is 10.2 Å². The number of hydrogen-bond donors (Lipinski definition) is 0. The fourth-order valence-corrected chi connectivity index (χ4v) is 2.13. The molecule has 1 rings (SSSR count). The third kappa shape index (κ3) is 1.91. The smallest absolute Gasteiger partial charge is 0.232 e. The maximum absolute atomic E-state index is 11.8. The molecular weight excluding hydrogens is 182 g/mol. The third-order valence-electron chi connectivity index (χ3n) is 2.18. The highest BCUT2D eigenvalue weighted by molar-refractivity contribution is 7.08. The molecule has 1 heterocycles. The Balaban J connectivity index is 2.95. The quantitative estimate of drug-likeness (QED) is 0.711. The number of carbonyl (C=O) groups excluding carboxylic acids is 1. The van der Waals surface area contributed by atoms with Crippen LogP contribution in [0.5, 0.6) is 0 Å². The van der Waals surface area contributed by atoms with Crippen molar-refractivity contribution >= 4 is 17.2 Å². The largest absolute Gasteiger partial charge is 0.348 e. The molecule has 0 saturated heterocycles. The van der Waals surface area contributed by atoms with E-state index in [1.54, 1.807) is 30.3 Å². The molecule has 0 bridgehead atoms. The van der Waals surface area contributed by atoms with Crippen molar-refractivity contribution in [3.8, 4) is 0 Å². The number of amides is 1. The Bertz CT molecular complexity index is 288. The second kappa shape index (κ2) is 3.50. The lowest BCUT2D eigenvalue weighted by Crippen LogP contribution is -2.38. The lowest BCUT2D eigenvalue weighted by molar-refractivity contribution is -0.133. The van der Waals surface area contributed by atoms with Crippen LogP contribution in [0.25, 0.3) is 0 Å². The molecule has 0 saturated carbocycles. The molecule has 2 nitrogen and oxygen atoms in total. The van der Waals surface area contributed by atoms with E-state index in [-0.39, 0.29) is 5.91 Å². The Morgan fingerprint density at radius 1 is 1.46 bits per heavy atom. The molecule has 13 heavy (non-hydrogen) atoms. The van der Waals surface area contributed by atoms with E-state index in [2.05, 4.69) is 0 Å². The van der Waals surface area contributed by atoms with Gasteiger partial charge in [-0.3, -0.25) is 4.79 Å². The molecule has 72 valence electrons. The van der Waals surface area contributed by atoms with Crippen molar-refractivity contribution in [2.75, 3.05) is 14.1 Å². The number of hydrogen-bond acceptors (Lipinski definition) is 2. The minimum atomic E-state index is -0.399. The Kier molecular flexibility index (Phi) is 2.76. The summed E-state index contributed by atoms with van der Waals surface area (Å²) in [7, 11) is 3.58. The first-order chi connectivity index (χ1) is 5.96. The van der Waals surface area contributed by atoms with E-state index in [0.29, 0.717) is 0 Å². The van der Waals surface area contributed by atoms with Gasteiger partial charge in [0, 0.05) is 14.1 Å². The molecule has 0 fully saturated rings. The topological polar surface area (TPSA) is 20.3 Å². The lowest BCUT2D eigenvalue weighted by atomic mass is 9.85. The molecule has 0 atom stereocenters. The Hall–Kier alpha value is -0.830. The maximum Gasteiger partial charge on any atom is 0.232 e. The fraction of sp³-hybridized carbons (Fsp3) is 0.500. The molecule has 0 N–H and O–H groups in total. The Morgan fingerprint density at radius 2 is 2.08 bits per heavy atom. The molecule has 1 aromatic rings. The monoisotopic (exact) mass is 197 g/mol. The van der Waals surface area contributed by atoms with Crippen molar-refractivity contribution in [3.63, 3.8) is 0 Å². The third-order valence-corrected chi connectivity index (χ3v) is 2.87. The average Bonchev–Trinajstić information content (AvgIpc) is 2.54. The van der Waals surface area contributed by atoms with Crippen LogP contribution in [0.4, 0.5) is 0 Å². The second-order valence-electron chi connectivity index (χ2n) is 3.84. The van der Waals surface area contributed by atoms with Crippen LogP contribution in [-0.4, -0.2) is 24.9 Å². The first-order valence-corrected chi connectivity index (χ1v) is 5.15. The molecule has 0 spiro atoms. The van der Waals surface area contributed by atoms with Crippen LogP contribution < -0.4 is 0 Å². The van der Waals surface area contributed by atoms with Gasteiger partial charge >= 0.3 is 0 Å². The highest BCUT2D eigenvalue weighted by Gasteiger charge is 2.31. The van der Waals surface area contributed by atoms with Gasteiger partial charge in [-0.1, -0.05) is 0 Å². The zero-order valence-electron chi connectivity index (χ0n) is 8.50. The summed E-state index contributed by atoms with van der Waals surface area (Å²) in [5.41, 5.74) is 0.694. The van der Waals surface area contributed by atoms with Gasteiger partial charge in [0.15, 0.2) is 0 Å². The number of thiophene rings is 1. The lowest BCUT2D eigenvalue weighted by Gasteiger charge is -2.26. The van der Waals surface area contributed by atoms with Gasteiger partial charge in [-0.05, 0) is 36.2 Å². The minimum absolute atomic E-state index is 0.144. The van der Waals surface area contributed by atoms with E-state index in [4.69, 9.17) is 0 Å². The van der Waals surface area contributed by atoms with Crippen LogP contribution in [0.15, 0.2) is 16.8 Å². The number of likely N-dealkylation sites (N-methyl/N-ethyl adjacent to an activating group) is 1. The minimum Gasteiger partial charge on any atom is -0.348 e. The molecule has 0 aliphatic heterocycles. The molecule has 0 radical (unpaired) electrons. The predicted molar refractivity (Wildman–Crippen MR) is 56.0 cm³/mol. The Morgan fingerprint density at radius 3 is 2.46 bits per heavy atom. The highest BCUT2D eigenvalue weighted by Crippen LogP contribution is 2.26. The summed E-state index contributed by atoms with van der Waals surface area (Å²) in [5, 5.41) is 4.03. The maximum atomic E-state index is 11.8. The van der Waals surface area contributed by atoms with Gasteiger partial charge < -0.3 is 4.90 Å². The summed E-state index contributed by atoms with van der Waals surface area (Å²) in [5.74, 6) is 0.144. The number of nitrogens with zero attached hydrogens (tertiary/aromatic N) is 1. The van der Waals surface area contributed by atoms with E-state index in [0.717, 1.165) is 5.56 Å². The van der Waals surface area contributed by atoms with Crippen LogP contribution in [0.1, 0.15) is 19.4 Å². The van der Waals surface area contributed by atoms with Gasteiger partial charge in [0.05, 0.1) is 5.41 Å². The summed E-state index contributed by atoms with van der Waals surface area (Å²) >= 11 is 1.62.